The van der Waals surface area contributed by atoms with Gasteiger partial charge in [0.05, 0.1) is 12.8 Å². The molecule has 1 aromatic carbocycles. The Kier molecular flexibility index (Phi) is 6.66. The summed E-state index contributed by atoms with van der Waals surface area (Å²) in [6.07, 6.45) is 2.45. The van der Waals surface area contributed by atoms with E-state index in [0.29, 0.717) is 22.4 Å². The zero-order chi connectivity index (χ0) is 23.6. The Morgan fingerprint density at radius 3 is 2.79 bits per heavy atom. The molecule has 0 aliphatic carbocycles. The van der Waals surface area contributed by atoms with Gasteiger partial charge in [0.2, 0.25) is 5.91 Å². The van der Waals surface area contributed by atoms with E-state index < -0.39 is 23.4 Å². The van der Waals surface area contributed by atoms with Gasteiger partial charge < -0.3 is 15.4 Å². The zero-order valence-electron chi connectivity index (χ0n) is 19.1. The summed E-state index contributed by atoms with van der Waals surface area (Å²) in [4.78, 5) is 46.0. The molecule has 176 valence electrons. The molecule has 2 fully saturated rings. The number of carbonyl (C=O) groups is 3. The number of likely N-dealkylation sites (tertiary alicyclic amines) is 1. The third kappa shape index (κ3) is 5.01. The fourth-order valence-electron chi connectivity index (χ4n) is 4.36. The highest BCUT2D eigenvalue weighted by Crippen LogP contribution is 2.30. The van der Waals surface area contributed by atoms with Crippen LogP contribution in [0.1, 0.15) is 37.9 Å². The van der Waals surface area contributed by atoms with Crippen molar-refractivity contribution < 1.29 is 19.1 Å². The molecule has 0 saturated carbocycles. The summed E-state index contributed by atoms with van der Waals surface area (Å²) in [5, 5.41) is 7.82. The van der Waals surface area contributed by atoms with Crippen LogP contribution in [0.5, 0.6) is 5.75 Å². The van der Waals surface area contributed by atoms with Gasteiger partial charge in [-0.15, -0.1) is 11.3 Å². The highest BCUT2D eigenvalue weighted by molar-refractivity contribution is 7.13. The third-order valence-corrected chi connectivity index (χ3v) is 6.98. The number of piperidine rings is 1. The van der Waals surface area contributed by atoms with Crippen molar-refractivity contribution in [3.8, 4) is 5.75 Å². The van der Waals surface area contributed by atoms with Crippen LogP contribution in [0.15, 0.2) is 29.6 Å². The van der Waals surface area contributed by atoms with Crippen molar-refractivity contribution in [1.29, 1.82) is 0 Å². The van der Waals surface area contributed by atoms with Crippen LogP contribution in [0.4, 0.5) is 9.93 Å². The molecule has 0 radical (unpaired) electrons. The Balaban J connectivity index is 1.36. The number of ether oxygens (including phenoxy) is 1. The van der Waals surface area contributed by atoms with Crippen molar-refractivity contribution >= 4 is 34.3 Å². The van der Waals surface area contributed by atoms with Gasteiger partial charge >= 0.3 is 6.03 Å². The third-order valence-electron chi connectivity index (χ3n) is 6.17. The summed E-state index contributed by atoms with van der Waals surface area (Å²) < 4.78 is 5.15. The largest absolute Gasteiger partial charge is 0.497 e. The van der Waals surface area contributed by atoms with Crippen LogP contribution in [-0.4, -0.2) is 59.4 Å². The molecule has 9 nitrogen and oxygen atoms in total. The van der Waals surface area contributed by atoms with E-state index in [1.165, 1.54) is 24.2 Å². The topological polar surface area (TPSA) is 104 Å². The lowest BCUT2D eigenvalue weighted by Gasteiger charge is -2.30. The second-order valence-corrected chi connectivity index (χ2v) is 9.71. The average molecular weight is 472 g/mol. The van der Waals surface area contributed by atoms with E-state index >= 15 is 0 Å². The standard InChI is InChI=1S/C23H29N5O4S/c1-15-5-4-10-27(11-15)12-17-14-33-21(24-17)25-19(29)13-28-20(30)23(2,26-22(28)31)16-6-8-18(32-3)9-7-16/h6-9,14-15H,4-5,10-13H2,1-3H3,(H,26,31)(H,24,25,29). The number of hydrogen-bond acceptors (Lipinski definition) is 7. The molecule has 3 heterocycles. The molecule has 2 aliphatic heterocycles. The minimum atomic E-state index is -1.25. The van der Waals surface area contributed by atoms with Gasteiger partial charge in [-0.1, -0.05) is 19.1 Å². The van der Waals surface area contributed by atoms with Crippen LogP contribution in [0.2, 0.25) is 0 Å². The number of carbonyl (C=O) groups excluding carboxylic acids is 3. The number of rotatable bonds is 7. The molecule has 2 N–H and O–H groups in total. The van der Waals surface area contributed by atoms with Gasteiger partial charge in [0, 0.05) is 18.5 Å². The maximum Gasteiger partial charge on any atom is 0.325 e. The molecule has 2 saturated heterocycles. The maximum absolute atomic E-state index is 13.0. The fraction of sp³-hybridized carbons (Fsp3) is 0.478. The van der Waals surface area contributed by atoms with Crippen LogP contribution in [0.3, 0.4) is 0 Å². The van der Waals surface area contributed by atoms with Crippen LogP contribution in [0, 0.1) is 5.92 Å². The van der Waals surface area contributed by atoms with Gasteiger partial charge in [0.1, 0.15) is 17.8 Å². The van der Waals surface area contributed by atoms with Crippen LogP contribution in [0.25, 0.3) is 0 Å². The quantitative estimate of drug-likeness (QED) is 0.602. The minimum Gasteiger partial charge on any atom is -0.497 e. The number of methoxy groups -OCH3 is 1. The number of urea groups is 1. The molecule has 0 bridgehead atoms. The number of benzene rings is 1. The molecule has 2 unspecified atom stereocenters. The first-order valence-corrected chi connectivity index (χ1v) is 11.9. The van der Waals surface area contributed by atoms with Gasteiger partial charge in [-0.25, -0.2) is 9.78 Å². The van der Waals surface area contributed by atoms with Crippen molar-refractivity contribution in [2.75, 3.05) is 32.1 Å². The first kappa shape index (κ1) is 23.2. The molecule has 33 heavy (non-hydrogen) atoms. The molecule has 0 spiro atoms. The number of hydrogen-bond donors (Lipinski definition) is 2. The van der Waals surface area contributed by atoms with Crippen molar-refractivity contribution in [3.63, 3.8) is 0 Å². The Labute approximate surface area is 197 Å². The molecule has 10 heteroatoms. The van der Waals surface area contributed by atoms with E-state index in [-0.39, 0.29) is 6.54 Å². The Hall–Kier alpha value is -2.98. The van der Waals surface area contributed by atoms with Gasteiger partial charge in [0.25, 0.3) is 5.91 Å². The number of imide groups is 1. The lowest BCUT2D eigenvalue weighted by atomic mass is 9.92. The lowest BCUT2D eigenvalue weighted by Crippen LogP contribution is -2.42. The van der Waals surface area contributed by atoms with Crippen molar-refractivity contribution in [1.82, 2.24) is 20.1 Å². The second-order valence-electron chi connectivity index (χ2n) is 8.85. The highest BCUT2D eigenvalue weighted by atomic mass is 32.1. The Morgan fingerprint density at radius 1 is 1.33 bits per heavy atom. The predicted molar refractivity (Wildman–Crippen MR) is 125 cm³/mol. The van der Waals surface area contributed by atoms with E-state index in [0.717, 1.165) is 30.2 Å². The highest BCUT2D eigenvalue weighted by Gasteiger charge is 2.49. The minimum absolute atomic E-state index is 0.380. The molecule has 2 aliphatic rings. The van der Waals surface area contributed by atoms with Crippen molar-refractivity contribution in [2.24, 2.45) is 5.92 Å². The van der Waals surface area contributed by atoms with Gasteiger partial charge in [-0.3, -0.25) is 19.4 Å². The van der Waals surface area contributed by atoms with E-state index in [4.69, 9.17) is 4.74 Å². The zero-order valence-corrected chi connectivity index (χ0v) is 19.9. The number of thiazole rings is 1. The van der Waals surface area contributed by atoms with Gasteiger partial charge in [0.15, 0.2) is 5.13 Å². The van der Waals surface area contributed by atoms with Gasteiger partial charge in [-0.05, 0) is 49.9 Å². The van der Waals surface area contributed by atoms with Crippen LogP contribution in [-0.2, 0) is 21.7 Å². The number of anilines is 1. The maximum atomic E-state index is 13.0. The number of nitrogens with one attached hydrogen (secondary N) is 2. The molecule has 2 atom stereocenters. The number of amides is 4. The summed E-state index contributed by atoms with van der Waals surface area (Å²) in [7, 11) is 1.55. The second kappa shape index (κ2) is 9.48. The van der Waals surface area contributed by atoms with E-state index in [1.54, 1.807) is 38.3 Å². The molecule has 2 aromatic rings. The smallest absolute Gasteiger partial charge is 0.325 e. The van der Waals surface area contributed by atoms with E-state index in [9.17, 15) is 14.4 Å². The molecule has 4 amide bonds. The van der Waals surface area contributed by atoms with Crippen molar-refractivity contribution in [2.45, 2.75) is 38.8 Å². The summed E-state index contributed by atoms with van der Waals surface area (Å²) in [6, 6.07) is 6.29. The van der Waals surface area contributed by atoms with E-state index in [1.807, 2.05) is 5.38 Å². The van der Waals surface area contributed by atoms with E-state index in [2.05, 4.69) is 27.4 Å². The number of nitrogens with zero attached hydrogens (tertiary/aromatic N) is 3. The molecular formula is C23H29N5O4S. The first-order chi connectivity index (χ1) is 15.8. The normalized spacial score (nSPS) is 23.5. The van der Waals surface area contributed by atoms with Gasteiger partial charge in [-0.2, -0.15) is 0 Å². The first-order valence-electron chi connectivity index (χ1n) is 11.0. The van der Waals surface area contributed by atoms with Crippen molar-refractivity contribution in [3.05, 3.63) is 40.9 Å². The summed E-state index contributed by atoms with van der Waals surface area (Å²) >= 11 is 1.34. The van der Waals surface area contributed by atoms with Crippen LogP contribution >= 0.6 is 11.3 Å². The Morgan fingerprint density at radius 2 is 2.09 bits per heavy atom. The molecule has 4 rings (SSSR count). The predicted octanol–water partition coefficient (Wildman–Crippen LogP) is 2.79. The molecular weight excluding hydrogens is 442 g/mol. The molecule has 1 aromatic heterocycles. The Bertz CT molecular complexity index is 1040. The summed E-state index contributed by atoms with van der Waals surface area (Å²) in [5.74, 6) is 0.383. The number of aromatic nitrogens is 1. The van der Waals surface area contributed by atoms with Crippen LogP contribution < -0.4 is 15.4 Å². The average Bonchev–Trinajstić information content (AvgIpc) is 3.31. The summed E-state index contributed by atoms with van der Waals surface area (Å²) in [5.41, 5.74) is 0.274. The SMILES string of the molecule is COc1ccc(C2(C)NC(=O)N(CC(=O)Nc3nc(CN4CCCC(C)C4)cs3)C2=O)cc1. The lowest BCUT2D eigenvalue weighted by molar-refractivity contribution is -0.133. The fourth-order valence-corrected chi connectivity index (χ4v) is 5.08. The summed E-state index contributed by atoms with van der Waals surface area (Å²) in [6.45, 7) is 6.37. The monoisotopic (exact) mass is 471 g/mol.